The maximum absolute atomic E-state index is 11.2. The second kappa shape index (κ2) is 4.67. The Bertz CT molecular complexity index is 533. The van der Waals surface area contributed by atoms with E-state index in [9.17, 15) is 18.3 Å². The summed E-state index contributed by atoms with van der Waals surface area (Å²) < 4.78 is 26.1. The summed E-state index contributed by atoms with van der Waals surface area (Å²) in [6, 6.07) is 1.20. The molecule has 1 heterocycles. The maximum Gasteiger partial charge on any atom is 0.223 e. The van der Waals surface area contributed by atoms with Gasteiger partial charge in [0, 0.05) is 18.8 Å². The minimum atomic E-state index is -3.29. The molecule has 0 spiro atoms. The Balaban J connectivity index is 2.92. The molecule has 0 saturated carbocycles. The lowest BCUT2D eigenvalue weighted by Crippen LogP contribution is -2.25. The van der Waals surface area contributed by atoms with Gasteiger partial charge < -0.3 is 9.67 Å². The predicted molar refractivity (Wildman–Crippen MR) is 60.0 cm³/mol. The molecule has 0 atom stereocenters. The van der Waals surface area contributed by atoms with E-state index in [1.807, 2.05) is 0 Å². The Labute approximate surface area is 93.6 Å². The normalized spacial score (nSPS) is 11.6. The third-order valence-corrected chi connectivity index (χ3v) is 3.67. The summed E-state index contributed by atoms with van der Waals surface area (Å²) in [7, 11) is -1.95. The lowest BCUT2D eigenvalue weighted by atomic mass is 10.3. The summed E-state index contributed by atoms with van der Waals surface area (Å²) in [6.45, 7) is 1.74. The van der Waals surface area contributed by atoms with Crippen molar-refractivity contribution in [3.63, 3.8) is 0 Å². The van der Waals surface area contributed by atoms with Crippen molar-refractivity contribution in [2.45, 2.75) is 13.5 Å². The van der Waals surface area contributed by atoms with Crippen molar-refractivity contribution in [1.29, 1.82) is 0 Å². The molecule has 2 N–H and O–H groups in total. The van der Waals surface area contributed by atoms with E-state index in [2.05, 4.69) is 4.72 Å². The van der Waals surface area contributed by atoms with Gasteiger partial charge in [-0.05, 0) is 14.0 Å². The molecule has 1 rings (SSSR count). The van der Waals surface area contributed by atoms with Crippen LogP contribution < -0.4 is 10.2 Å². The molecule has 7 heteroatoms. The second-order valence-corrected chi connectivity index (χ2v) is 5.38. The summed E-state index contributed by atoms with van der Waals surface area (Å²) in [4.78, 5) is 11.1. The number of hydrogen-bond donors (Lipinski definition) is 2. The zero-order valence-corrected chi connectivity index (χ0v) is 9.91. The zero-order chi connectivity index (χ0) is 12.3. The van der Waals surface area contributed by atoms with Gasteiger partial charge in [-0.25, -0.2) is 13.1 Å². The van der Waals surface area contributed by atoms with Gasteiger partial charge >= 0.3 is 0 Å². The highest BCUT2D eigenvalue weighted by Crippen LogP contribution is 2.08. The van der Waals surface area contributed by atoms with E-state index in [1.165, 1.54) is 23.9 Å². The first-order valence-corrected chi connectivity index (χ1v) is 6.33. The maximum atomic E-state index is 11.2. The lowest BCUT2D eigenvalue weighted by molar-refractivity contribution is 0.454. The summed E-state index contributed by atoms with van der Waals surface area (Å²) in [6.07, 6.45) is 1.46. The van der Waals surface area contributed by atoms with Crippen LogP contribution in [0.1, 0.15) is 5.69 Å². The van der Waals surface area contributed by atoms with Gasteiger partial charge in [-0.15, -0.1) is 0 Å². The van der Waals surface area contributed by atoms with Crippen LogP contribution in [0.5, 0.6) is 5.75 Å². The van der Waals surface area contributed by atoms with Crippen LogP contribution >= 0.6 is 0 Å². The van der Waals surface area contributed by atoms with Gasteiger partial charge in [-0.3, -0.25) is 4.79 Å². The third-order valence-electron chi connectivity index (χ3n) is 2.32. The molecule has 90 valence electrons. The molecule has 0 aliphatic heterocycles. The number of aromatic hydroxyl groups is 1. The minimum Gasteiger partial charge on any atom is -0.503 e. The number of pyridine rings is 1. The largest absolute Gasteiger partial charge is 0.503 e. The summed E-state index contributed by atoms with van der Waals surface area (Å²) in [5.74, 6) is -0.448. The van der Waals surface area contributed by atoms with Crippen molar-refractivity contribution in [3.8, 4) is 5.75 Å². The fourth-order valence-electron chi connectivity index (χ4n) is 1.23. The van der Waals surface area contributed by atoms with Crippen LogP contribution in [-0.4, -0.2) is 30.9 Å². The molecule has 1 aromatic heterocycles. The van der Waals surface area contributed by atoms with Crippen molar-refractivity contribution in [2.75, 3.05) is 12.8 Å². The van der Waals surface area contributed by atoms with Crippen LogP contribution in [0.25, 0.3) is 0 Å². The van der Waals surface area contributed by atoms with E-state index in [1.54, 1.807) is 6.92 Å². The summed E-state index contributed by atoms with van der Waals surface area (Å²) in [5.41, 5.74) is -0.107. The van der Waals surface area contributed by atoms with Gasteiger partial charge in [0.25, 0.3) is 0 Å². The van der Waals surface area contributed by atoms with Gasteiger partial charge in [0.1, 0.15) is 0 Å². The van der Waals surface area contributed by atoms with E-state index in [4.69, 9.17) is 0 Å². The lowest BCUT2D eigenvalue weighted by Gasteiger charge is -2.11. The Morgan fingerprint density at radius 2 is 2.12 bits per heavy atom. The van der Waals surface area contributed by atoms with Crippen molar-refractivity contribution in [1.82, 2.24) is 9.29 Å². The molecule has 6 nitrogen and oxygen atoms in total. The molecule has 0 unspecified atom stereocenters. The first kappa shape index (κ1) is 12.7. The molecule has 0 aliphatic carbocycles. The SMILES string of the molecule is CNS(=O)(=O)CCn1ccc(=O)c(O)c1C. The number of rotatable bonds is 4. The van der Waals surface area contributed by atoms with Crippen LogP contribution in [0, 0.1) is 6.92 Å². The standard InChI is InChI=1S/C9H14N2O4S/c1-7-9(13)8(12)3-4-11(7)5-6-16(14,15)10-2/h3-4,10,13H,5-6H2,1-2H3. The number of hydrogen-bond acceptors (Lipinski definition) is 4. The molecule has 0 radical (unpaired) electrons. The Morgan fingerprint density at radius 3 is 2.69 bits per heavy atom. The average Bonchev–Trinajstić information content (AvgIpc) is 2.25. The molecule has 0 aromatic carbocycles. The second-order valence-electron chi connectivity index (χ2n) is 3.33. The predicted octanol–water partition coefficient (Wildman–Crippen LogP) is -0.588. The highest BCUT2D eigenvalue weighted by molar-refractivity contribution is 7.89. The smallest absolute Gasteiger partial charge is 0.223 e. The van der Waals surface area contributed by atoms with Gasteiger partial charge in [0.2, 0.25) is 15.5 Å². The van der Waals surface area contributed by atoms with E-state index < -0.39 is 15.5 Å². The Hall–Kier alpha value is -1.34. The van der Waals surface area contributed by atoms with Crippen molar-refractivity contribution >= 4 is 10.0 Å². The first-order valence-electron chi connectivity index (χ1n) is 4.67. The quantitative estimate of drug-likeness (QED) is 0.743. The van der Waals surface area contributed by atoms with Crippen molar-refractivity contribution < 1.29 is 13.5 Å². The highest BCUT2D eigenvalue weighted by atomic mass is 32.2. The van der Waals surface area contributed by atoms with Crippen LogP contribution in [0.3, 0.4) is 0 Å². The topological polar surface area (TPSA) is 88.4 Å². The zero-order valence-electron chi connectivity index (χ0n) is 9.10. The fraction of sp³-hybridized carbons (Fsp3) is 0.444. The molecular weight excluding hydrogens is 232 g/mol. The Kier molecular flexibility index (Phi) is 3.71. The number of nitrogens with zero attached hydrogens (tertiary/aromatic N) is 1. The number of aromatic nitrogens is 1. The number of sulfonamides is 1. The third kappa shape index (κ3) is 2.83. The van der Waals surface area contributed by atoms with Crippen molar-refractivity contribution in [3.05, 3.63) is 28.2 Å². The molecule has 0 aliphatic rings. The van der Waals surface area contributed by atoms with E-state index >= 15 is 0 Å². The molecule has 0 amide bonds. The average molecular weight is 246 g/mol. The summed E-state index contributed by atoms with van der Waals surface area (Å²) in [5, 5.41) is 9.38. The molecule has 1 aromatic rings. The number of aryl methyl sites for hydroxylation is 1. The van der Waals surface area contributed by atoms with Crippen LogP contribution in [-0.2, 0) is 16.6 Å². The van der Waals surface area contributed by atoms with Crippen LogP contribution in [0.15, 0.2) is 17.1 Å². The van der Waals surface area contributed by atoms with Gasteiger partial charge in [0.05, 0.1) is 11.4 Å². The van der Waals surface area contributed by atoms with Crippen LogP contribution in [0.4, 0.5) is 0 Å². The fourth-order valence-corrected chi connectivity index (χ4v) is 1.87. The number of nitrogens with one attached hydrogen (secondary N) is 1. The van der Waals surface area contributed by atoms with Crippen LogP contribution in [0.2, 0.25) is 0 Å². The van der Waals surface area contributed by atoms with E-state index in [0.29, 0.717) is 5.69 Å². The Morgan fingerprint density at radius 1 is 1.50 bits per heavy atom. The minimum absolute atomic E-state index is 0.105. The van der Waals surface area contributed by atoms with E-state index in [-0.39, 0.29) is 18.0 Å². The van der Waals surface area contributed by atoms with E-state index in [0.717, 1.165) is 0 Å². The first-order chi connectivity index (χ1) is 7.37. The molecule has 0 bridgehead atoms. The van der Waals surface area contributed by atoms with Crippen molar-refractivity contribution in [2.24, 2.45) is 0 Å². The van der Waals surface area contributed by atoms with Gasteiger partial charge in [-0.2, -0.15) is 0 Å². The summed E-state index contributed by atoms with van der Waals surface area (Å²) >= 11 is 0. The van der Waals surface area contributed by atoms with Gasteiger partial charge in [0.15, 0.2) is 5.75 Å². The molecule has 0 fully saturated rings. The monoisotopic (exact) mass is 246 g/mol. The molecular formula is C9H14N2O4S. The highest BCUT2D eigenvalue weighted by Gasteiger charge is 2.09. The van der Waals surface area contributed by atoms with Gasteiger partial charge in [-0.1, -0.05) is 0 Å². The molecule has 16 heavy (non-hydrogen) atoms. The molecule has 0 saturated heterocycles.